The molecule has 0 spiro atoms. The highest BCUT2D eigenvalue weighted by Gasteiger charge is 2.05. The molecule has 0 aliphatic rings. The molecule has 1 unspecified atom stereocenters. The molecule has 102 valence electrons. The zero-order valence-corrected chi connectivity index (χ0v) is 11.4. The van der Waals surface area contributed by atoms with Crippen molar-refractivity contribution in [1.82, 2.24) is 10.6 Å². The standard InChI is InChI=1S/C14H23FN2O/c1-4-7-16-9-11(2)17-10-12-5-6-14(18-3)13(15)8-12/h5-6,8,11,16-17H,4,7,9-10H2,1-3H3. The van der Waals surface area contributed by atoms with E-state index in [1.54, 1.807) is 6.07 Å². The summed E-state index contributed by atoms with van der Waals surface area (Å²) in [5, 5.41) is 6.70. The Kier molecular flexibility index (Phi) is 6.68. The van der Waals surface area contributed by atoms with Gasteiger partial charge in [-0.05, 0) is 37.6 Å². The number of hydrogen-bond donors (Lipinski definition) is 2. The van der Waals surface area contributed by atoms with Crippen molar-refractivity contribution < 1.29 is 9.13 Å². The lowest BCUT2D eigenvalue weighted by atomic mass is 10.2. The Bertz CT molecular complexity index is 358. The number of benzene rings is 1. The fourth-order valence-corrected chi connectivity index (χ4v) is 1.68. The van der Waals surface area contributed by atoms with Crippen LogP contribution in [0.3, 0.4) is 0 Å². The number of methoxy groups -OCH3 is 1. The minimum Gasteiger partial charge on any atom is -0.494 e. The number of nitrogens with one attached hydrogen (secondary N) is 2. The highest BCUT2D eigenvalue weighted by molar-refractivity contribution is 5.29. The van der Waals surface area contributed by atoms with E-state index in [0.29, 0.717) is 12.6 Å². The van der Waals surface area contributed by atoms with Crippen molar-refractivity contribution in [3.05, 3.63) is 29.6 Å². The summed E-state index contributed by atoms with van der Waals surface area (Å²) in [6.07, 6.45) is 1.14. The molecule has 0 aliphatic heterocycles. The fourth-order valence-electron chi connectivity index (χ4n) is 1.68. The van der Waals surface area contributed by atoms with Crippen LogP contribution in [0.15, 0.2) is 18.2 Å². The first-order valence-electron chi connectivity index (χ1n) is 6.43. The maximum Gasteiger partial charge on any atom is 0.165 e. The van der Waals surface area contributed by atoms with Crippen LogP contribution in [0, 0.1) is 5.82 Å². The quantitative estimate of drug-likeness (QED) is 0.698. The van der Waals surface area contributed by atoms with E-state index in [4.69, 9.17) is 4.74 Å². The third-order valence-electron chi connectivity index (χ3n) is 2.75. The molecule has 0 bridgehead atoms. The van der Waals surface area contributed by atoms with Gasteiger partial charge in [0.05, 0.1) is 7.11 Å². The van der Waals surface area contributed by atoms with Crippen LogP contribution in [-0.4, -0.2) is 26.2 Å². The fraction of sp³-hybridized carbons (Fsp3) is 0.571. The lowest BCUT2D eigenvalue weighted by Crippen LogP contribution is -2.36. The predicted octanol–water partition coefficient (Wildman–Crippen LogP) is 2.31. The molecule has 1 rings (SSSR count). The maximum atomic E-state index is 13.5. The Labute approximate surface area is 109 Å². The predicted molar refractivity (Wildman–Crippen MR) is 72.4 cm³/mol. The van der Waals surface area contributed by atoms with E-state index in [2.05, 4.69) is 24.5 Å². The average Bonchev–Trinajstić information content (AvgIpc) is 2.37. The molecule has 3 nitrogen and oxygen atoms in total. The smallest absolute Gasteiger partial charge is 0.165 e. The van der Waals surface area contributed by atoms with Crippen LogP contribution in [0.1, 0.15) is 25.8 Å². The van der Waals surface area contributed by atoms with Crippen molar-refractivity contribution in [3.63, 3.8) is 0 Å². The molecule has 0 saturated carbocycles. The van der Waals surface area contributed by atoms with Crippen LogP contribution in [0.5, 0.6) is 5.75 Å². The third kappa shape index (κ3) is 5.02. The van der Waals surface area contributed by atoms with Crippen LogP contribution in [0.2, 0.25) is 0 Å². The Morgan fingerprint density at radius 3 is 2.78 bits per heavy atom. The summed E-state index contributed by atoms with van der Waals surface area (Å²) >= 11 is 0. The van der Waals surface area contributed by atoms with Gasteiger partial charge in [-0.1, -0.05) is 13.0 Å². The first-order valence-corrected chi connectivity index (χ1v) is 6.43. The first kappa shape index (κ1) is 14.9. The Balaban J connectivity index is 2.36. The SMILES string of the molecule is CCCNCC(C)NCc1ccc(OC)c(F)c1. The molecule has 0 heterocycles. The van der Waals surface area contributed by atoms with Crippen molar-refractivity contribution in [2.45, 2.75) is 32.9 Å². The number of ether oxygens (including phenoxy) is 1. The van der Waals surface area contributed by atoms with Gasteiger partial charge in [-0.25, -0.2) is 4.39 Å². The molecule has 0 aliphatic carbocycles. The lowest BCUT2D eigenvalue weighted by molar-refractivity contribution is 0.386. The van der Waals surface area contributed by atoms with Crippen molar-refractivity contribution in [2.24, 2.45) is 0 Å². The van der Waals surface area contributed by atoms with Gasteiger partial charge >= 0.3 is 0 Å². The van der Waals surface area contributed by atoms with E-state index in [0.717, 1.165) is 25.1 Å². The zero-order valence-electron chi connectivity index (χ0n) is 11.4. The number of hydrogen-bond acceptors (Lipinski definition) is 3. The van der Waals surface area contributed by atoms with Crippen LogP contribution in [0.4, 0.5) is 4.39 Å². The van der Waals surface area contributed by atoms with Gasteiger partial charge in [-0.15, -0.1) is 0 Å². The molecule has 1 atom stereocenters. The molecule has 1 aromatic carbocycles. The summed E-state index contributed by atoms with van der Waals surface area (Å²) in [5.74, 6) is -0.0232. The molecule has 18 heavy (non-hydrogen) atoms. The minimum atomic E-state index is -0.312. The number of rotatable bonds is 8. The van der Waals surface area contributed by atoms with Gasteiger partial charge in [-0.2, -0.15) is 0 Å². The summed E-state index contributed by atoms with van der Waals surface area (Å²) in [5.41, 5.74) is 0.927. The van der Waals surface area contributed by atoms with Gasteiger partial charge in [0.1, 0.15) is 0 Å². The monoisotopic (exact) mass is 254 g/mol. The first-order chi connectivity index (χ1) is 8.67. The Morgan fingerprint density at radius 1 is 1.39 bits per heavy atom. The van der Waals surface area contributed by atoms with E-state index in [1.807, 2.05) is 6.07 Å². The summed E-state index contributed by atoms with van der Waals surface area (Å²) in [7, 11) is 1.47. The van der Waals surface area contributed by atoms with Gasteiger partial charge in [-0.3, -0.25) is 0 Å². The van der Waals surface area contributed by atoms with Gasteiger partial charge < -0.3 is 15.4 Å². The Hall–Kier alpha value is -1.13. The van der Waals surface area contributed by atoms with Crippen molar-refractivity contribution in [3.8, 4) is 5.75 Å². The molecule has 4 heteroatoms. The van der Waals surface area contributed by atoms with Gasteiger partial charge in [0.2, 0.25) is 0 Å². The highest BCUT2D eigenvalue weighted by atomic mass is 19.1. The molecular weight excluding hydrogens is 231 g/mol. The van der Waals surface area contributed by atoms with Gasteiger partial charge in [0.25, 0.3) is 0 Å². The molecule has 0 aromatic heterocycles. The summed E-state index contributed by atoms with van der Waals surface area (Å²) < 4.78 is 18.3. The van der Waals surface area contributed by atoms with Crippen LogP contribution < -0.4 is 15.4 Å². The summed E-state index contributed by atoms with van der Waals surface area (Å²) in [6.45, 7) is 6.87. The van der Waals surface area contributed by atoms with Crippen LogP contribution in [-0.2, 0) is 6.54 Å². The summed E-state index contributed by atoms with van der Waals surface area (Å²) in [6, 6.07) is 5.41. The largest absolute Gasteiger partial charge is 0.494 e. The van der Waals surface area contributed by atoms with Crippen LogP contribution in [0.25, 0.3) is 0 Å². The molecule has 0 saturated heterocycles. The zero-order chi connectivity index (χ0) is 13.4. The summed E-state index contributed by atoms with van der Waals surface area (Å²) in [4.78, 5) is 0. The lowest BCUT2D eigenvalue weighted by Gasteiger charge is -2.14. The minimum absolute atomic E-state index is 0.288. The second-order valence-corrected chi connectivity index (χ2v) is 4.45. The van der Waals surface area contributed by atoms with Crippen molar-refractivity contribution in [2.75, 3.05) is 20.2 Å². The van der Waals surface area contributed by atoms with Crippen LogP contribution >= 0.6 is 0 Å². The van der Waals surface area contributed by atoms with E-state index in [-0.39, 0.29) is 11.6 Å². The Morgan fingerprint density at radius 2 is 2.17 bits per heavy atom. The van der Waals surface area contributed by atoms with E-state index in [9.17, 15) is 4.39 Å². The maximum absolute atomic E-state index is 13.5. The molecule has 0 fully saturated rings. The normalized spacial score (nSPS) is 12.4. The van der Waals surface area contributed by atoms with Crippen molar-refractivity contribution in [1.29, 1.82) is 0 Å². The average molecular weight is 254 g/mol. The van der Waals surface area contributed by atoms with E-state index < -0.39 is 0 Å². The van der Waals surface area contributed by atoms with Gasteiger partial charge in [0.15, 0.2) is 11.6 Å². The number of halogens is 1. The highest BCUT2D eigenvalue weighted by Crippen LogP contribution is 2.17. The van der Waals surface area contributed by atoms with E-state index in [1.165, 1.54) is 13.2 Å². The van der Waals surface area contributed by atoms with Gasteiger partial charge in [0, 0.05) is 19.1 Å². The topological polar surface area (TPSA) is 33.3 Å². The van der Waals surface area contributed by atoms with E-state index >= 15 is 0 Å². The molecule has 0 radical (unpaired) electrons. The second kappa shape index (κ2) is 8.06. The third-order valence-corrected chi connectivity index (χ3v) is 2.75. The molecule has 1 aromatic rings. The molecule has 2 N–H and O–H groups in total. The second-order valence-electron chi connectivity index (χ2n) is 4.45. The van der Waals surface area contributed by atoms with Crippen molar-refractivity contribution >= 4 is 0 Å². The molecular formula is C14H23FN2O. The molecule has 0 amide bonds.